The molecule has 1 amide bonds. The molecule has 0 saturated carbocycles. The minimum Gasteiger partial charge on any atom is -0.306 e. The quantitative estimate of drug-likeness (QED) is 0.806. The van der Waals surface area contributed by atoms with Gasteiger partial charge in [0.1, 0.15) is 0 Å². The maximum Gasteiger partial charge on any atom is 0.240 e. The van der Waals surface area contributed by atoms with Crippen molar-refractivity contribution >= 4 is 22.4 Å². The third-order valence-electron chi connectivity index (χ3n) is 2.09. The molecule has 0 bridgehead atoms. The van der Waals surface area contributed by atoms with E-state index >= 15 is 0 Å². The number of rotatable bonds is 5. The molecule has 15 heavy (non-hydrogen) atoms. The topological polar surface area (TPSA) is 54.0 Å². The van der Waals surface area contributed by atoms with Gasteiger partial charge in [-0.15, -0.1) is 11.3 Å². The van der Waals surface area contributed by atoms with Crippen LogP contribution >= 0.6 is 11.3 Å². The Hall–Kier alpha value is -0.940. The highest BCUT2D eigenvalue weighted by atomic mass is 32.1. The summed E-state index contributed by atoms with van der Waals surface area (Å²) >= 11 is 1.45. The Balaban J connectivity index is 2.30. The molecule has 1 aromatic heterocycles. The number of anilines is 1. The van der Waals surface area contributed by atoms with Crippen LogP contribution in [0.2, 0.25) is 0 Å². The molecule has 0 spiro atoms. The van der Waals surface area contributed by atoms with Crippen LogP contribution in [-0.2, 0) is 4.79 Å². The minimum absolute atomic E-state index is 0.0374. The Morgan fingerprint density at radius 2 is 2.40 bits per heavy atom. The average Bonchev–Trinajstić information content (AvgIpc) is 2.60. The molecular weight excluding hydrogens is 210 g/mol. The Morgan fingerprint density at radius 1 is 1.67 bits per heavy atom. The molecular formula is C10H17N3OS. The Morgan fingerprint density at radius 3 is 2.93 bits per heavy atom. The number of carbonyl (C=O) groups is 1. The number of hydrogen-bond acceptors (Lipinski definition) is 4. The van der Waals surface area contributed by atoms with Crippen molar-refractivity contribution < 1.29 is 4.79 Å². The van der Waals surface area contributed by atoms with Crippen molar-refractivity contribution in [2.45, 2.75) is 33.2 Å². The molecule has 1 atom stereocenters. The largest absolute Gasteiger partial charge is 0.306 e. The van der Waals surface area contributed by atoms with Crippen molar-refractivity contribution in [1.82, 2.24) is 10.3 Å². The second-order valence-electron chi connectivity index (χ2n) is 3.53. The van der Waals surface area contributed by atoms with E-state index in [0.717, 1.165) is 12.1 Å². The fourth-order valence-electron chi connectivity index (χ4n) is 0.986. The molecule has 2 N–H and O–H groups in total. The van der Waals surface area contributed by atoms with Crippen LogP contribution in [0.3, 0.4) is 0 Å². The Kier molecular flexibility index (Phi) is 4.71. The lowest BCUT2D eigenvalue weighted by Crippen LogP contribution is -2.33. The zero-order chi connectivity index (χ0) is 11.3. The van der Waals surface area contributed by atoms with Gasteiger partial charge in [-0.05, 0) is 20.3 Å². The number of carbonyl (C=O) groups excluding carboxylic acids is 1. The predicted molar refractivity (Wildman–Crippen MR) is 63.2 cm³/mol. The summed E-state index contributed by atoms with van der Waals surface area (Å²) in [7, 11) is 0. The predicted octanol–water partition coefficient (Wildman–Crippen LogP) is 1.78. The normalized spacial score (nSPS) is 12.5. The van der Waals surface area contributed by atoms with Gasteiger partial charge in [-0.3, -0.25) is 4.79 Å². The van der Waals surface area contributed by atoms with E-state index in [2.05, 4.69) is 29.5 Å². The zero-order valence-electron chi connectivity index (χ0n) is 9.33. The first-order valence-corrected chi connectivity index (χ1v) is 5.95. The molecule has 0 aromatic carbocycles. The van der Waals surface area contributed by atoms with Crippen molar-refractivity contribution in [2.24, 2.45) is 0 Å². The van der Waals surface area contributed by atoms with E-state index in [4.69, 9.17) is 0 Å². The van der Waals surface area contributed by atoms with Gasteiger partial charge in [0.2, 0.25) is 5.91 Å². The van der Waals surface area contributed by atoms with Crippen LogP contribution in [-0.4, -0.2) is 23.5 Å². The van der Waals surface area contributed by atoms with Gasteiger partial charge in [-0.2, -0.15) is 0 Å². The van der Waals surface area contributed by atoms with Crippen molar-refractivity contribution in [3.63, 3.8) is 0 Å². The lowest BCUT2D eigenvalue weighted by Gasteiger charge is -2.09. The van der Waals surface area contributed by atoms with Gasteiger partial charge >= 0.3 is 0 Å². The third kappa shape index (κ3) is 4.40. The highest BCUT2D eigenvalue weighted by Gasteiger charge is 2.06. The van der Waals surface area contributed by atoms with E-state index < -0.39 is 0 Å². The van der Waals surface area contributed by atoms with Crippen molar-refractivity contribution in [2.75, 3.05) is 11.9 Å². The molecule has 1 unspecified atom stereocenters. The summed E-state index contributed by atoms with van der Waals surface area (Å²) in [6.45, 7) is 6.39. The van der Waals surface area contributed by atoms with Crippen LogP contribution in [0, 0.1) is 6.92 Å². The lowest BCUT2D eigenvalue weighted by atomic mass is 10.2. The van der Waals surface area contributed by atoms with Gasteiger partial charge in [-0.1, -0.05) is 6.92 Å². The second kappa shape index (κ2) is 5.82. The first kappa shape index (κ1) is 12.1. The fraction of sp³-hybridized carbons (Fsp3) is 0.600. The molecule has 1 rings (SSSR count). The summed E-state index contributed by atoms with van der Waals surface area (Å²) in [5.41, 5.74) is 0.935. The summed E-state index contributed by atoms with van der Waals surface area (Å²) in [5, 5.41) is 8.46. The number of hydrogen-bond donors (Lipinski definition) is 2. The SMILES string of the molecule is CCC(C)NCC(=O)Nc1nc(C)cs1. The van der Waals surface area contributed by atoms with E-state index in [0.29, 0.717) is 17.7 Å². The van der Waals surface area contributed by atoms with Gasteiger partial charge in [0.05, 0.1) is 12.2 Å². The van der Waals surface area contributed by atoms with E-state index in [9.17, 15) is 4.79 Å². The van der Waals surface area contributed by atoms with E-state index in [-0.39, 0.29) is 5.91 Å². The van der Waals surface area contributed by atoms with Gasteiger partial charge in [-0.25, -0.2) is 4.98 Å². The molecule has 0 radical (unpaired) electrons. The van der Waals surface area contributed by atoms with E-state index in [1.54, 1.807) is 0 Å². The van der Waals surface area contributed by atoms with Crippen LogP contribution in [0.15, 0.2) is 5.38 Å². The molecule has 0 saturated heterocycles. The molecule has 0 aliphatic heterocycles. The highest BCUT2D eigenvalue weighted by molar-refractivity contribution is 7.13. The summed E-state index contributed by atoms with van der Waals surface area (Å²) < 4.78 is 0. The van der Waals surface area contributed by atoms with E-state index in [1.807, 2.05) is 12.3 Å². The second-order valence-corrected chi connectivity index (χ2v) is 4.39. The number of amides is 1. The van der Waals surface area contributed by atoms with Crippen molar-refractivity contribution in [3.05, 3.63) is 11.1 Å². The Labute approximate surface area is 94.1 Å². The van der Waals surface area contributed by atoms with Gasteiger partial charge in [0.25, 0.3) is 0 Å². The number of aromatic nitrogens is 1. The van der Waals surface area contributed by atoms with Gasteiger partial charge in [0.15, 0.2) is 5.13 Å². The maximum absolute atomic E-state index is 11.4. The molecule has 5 heteroatoms. The molecule has 0 fully saturated rings. The van der Waals surface area contributed by atoms with E-state index in [1.165, 1.54) is 11.3 Å². The van der Waals surface area contributed by atoms with Crippen LogP contribution in [0.4, 0.5) is 5.13 Å². The maximum atomic E-state index is 11.4. The third-order valence-corrected chi connectivity index (χ3v) is 2.96. The average molecular weight is 227 g/mol. The first-order valence-electron chi connectivity index (χ1n) is 5.07. The molecule has 1 heterocycles. The number of nitrogens with one attached hydrogen (secondary N) is 2. The summed E-state index contributed by atoms with van der Waals surface area (Å²) in [6, 6.07) is 0.369. The van der Waals surface area contributed by atoms with Gasteiger partial charge < -0.3 is 10.6 Å². The van der Waals surface area contributed by atoms with Crippen LogP contribution in [0.1, 0.15) is 26.0 Å². The highest BCUT2D eigenvalue weighted by Crippen LogP contribution is 2.13. The summed E-state index contributed by atoms with van der Waals surface area (Å²) in [4.78, 5) is 15.6. The molecule has 0 aliphatic rings. The summed E-state index contributed by atoms with van der Waals surface area (Å²) in [5.74, 6) is -0.0374. The molecule has 0 aliphatic carbocycles. The standard InChI is InChI=1S/C10H17N3OS/c1-4-7(2)11-5-9(14)13-10-12-8(3)6-15-10/h6-7,11H,4-5H2,1-3H3,(H,12,13,14). The summed E-state index contributed by atoms with van der Waals surface area (Å²) in [6.07, 6.45) is 1.02. The Bertz CT molecular complexity index is 324. The zero-order valence-corrected chi connectivity index (χ0v) is 10.1. The molecule has 84 valence electrons. The van der Waals surface area contributed by atoms with Crippen LogP contribution < -0.4 is 10.6 Å². The van der Waals surface area contributed by atoms with Gasteiger partial charge in [0, 0.05) is 11.4 Å². The first-order chi connectivity index (χ1) is 7.11. The molecule has 4 nitrogen and oxygen atoms in total. The van der Waals surface area contributed by atoms with Crippen LogP contribution in [0.5, 0.6) is 0 Å². The number of thiazole rings is 1. The number of aryl methyl sites for hydroxylation is 1. The minimum atomic E-state index is -0.0374. The molecule has 1 aromatic rings. The fourth-order valence-corrected chi connectivity index (χ4v) is 1.69. The monoisotopic (exact) mass is 227 g/mol. The van der Waals surface area contributed by atoms with Crippen LogP contribution in [0.25, 0.3) is 0 Å². The van der Waals surface area contributed by atoms with Crippen molar-refractivity contribution in [1.29, 1.82) is 0 Å². The van der Waals surface area contributed by atoms with Crippen molar-refractivity contribution in [3.8, 4) is 0 Å². The lowest BCUT2D eigenvalue weighted by molar-refractivity contribution is -0.115. The smallest absolute Gasteiger partial charge is 0.240 e. The number of nitrogens with zero attached hydrogens (tertiary/aromatic N) is 1.